The van der Waals surface area contributed by atoms with Gasteiger partial charge in [0.05, 0.1) is 5.56 Å². The number of amides is 1. The molecule has 0 aliphatic carbocycles. The average molecular weight is 362 g/mol. The predicted molar refractivity (Wildman–Crippen MR) is 101 cm³/mol. The number of ketones is 1. The first kappa shape index (κ1) is 16.2. The quantitative estimate of drug-likeness (QED) is 0.427. The van der Waals surface area contributed by atoms with Crippen LogP contribution in [-0.4, -0.2) is 26.9 Å². The standard InChI is InChI=1S/C19H14N4O2S/c1-11-6-2-3-7-12(11)18-22-23-19(26-18)21-17(25)16(24)14-10-20-15-9-5-4-8-13(14)15/h2-10,20H,1H3,(H,21,23,25). The van der Waals surface area contributed by atoms with Crippen molar-refractivity contribution < 1.29 is 9.59 Å². The first-order chi connectivity index (χ1) is 12.6. The van der Waals surface area contributed by atoms with Crippen molar-refractivity contribution >= 4 is 39.1 Å². The number of fused-ring (bicyclic) bond motifs is 1. The number of Topliss-reactive ketones (excluding diaryl/α,β-unsaturated/α-hetero) is 1. The van der Waals surface area contributed by atoms with Gasteiger partial charge in [-0.2, -0.15) is 0 Å². The summed E-state index contributed by atoms with van der Waals surface area (Å²) in [7, 11) is 0. The number of carbonyl (C=O) groups is 2. The maximum Gasteiger partial charge on any atom is 0.298 e. The van der Waals surface area contributed by atoms with Crippen molar-refractivity contribution in [2.75, 3.05) is 5.32 Å². The molecule has 0 unspecified atom stereocenters. The summed E-state index contributed by atoms with van der Waals surface area (Å²) in [4.78, 5) is 27.8. The fourth-order valence-electron chi connectivity index (χ4n) is 2.73. The van der Waals surface area contributed by atoms with E-state index in [0.717, 1.165) is 16.6 Å². The molecule has 0 aliphatic heterocycles. The number of nitrogens with one attached hydrogen (secondary N) is 2. The number of aryl methyl sites for hydroxylation is 1. The van der Waals surface area contributed by atoms with Crippen LogP contribution in [0.4, 0.5) is 5.13 Å². The smallest absolute Gasteiger partial charge is 0.298 e. The summed E-state index contributed by atoms with van der Waals surface area (Å²) in [5.74, 6) is -1.35. The van der Waals surface area contributed by atoms with Crippen LogP contribution >= 0.6 is 11.3 Å². The van der Waals surface area contributed by atoms with E-state index in [1.165, 1.54) is 11.3 Å². The number of rotatable bonds is 4. The maximum absolute atomic E-state index is 12.5. The minimum Gasteiger partial charge on any atom is -0.360 e. The van der Waals surface area contributed by atoms with Crippen molar-refractivity contribution in [2.24, 2.45) is 0 Å². The van der Waals surface area contributed by atoms with Crippen molar-refractivity contribution in [1.82, 2.24) is 15.2 Å². The molecule has 1 amide bonds. The molecular weight excluding hydrogens is 348 g/mol. The highest BCUT2D eigenvalue weighted by Gasteiger charge is 2.21. The molecule has 0 fully saturated rings. The van der Waals surface area contributed by atoms with E-state index in [9.17, 15) is 9.59 Å². The van der Waals surface area contributed by atoms with E-state index in [-0.39, 0.29) is 0 Å². The molecule has 2 heterocycles. The van der Waals surface area contributed by atoms with E-state index in [0.29, 0.717) is 21.1 Å². The highest BCUT2D eigenvalue weighted by Crippen LogP contribution is 2.28. The highest BCUT2D eigenvalue weighted by atomic mass is 32.1. The lowest BCUT2D eigenvalue weighted by Gasteiger charge is -2.00. The number of anilines is 1. The lowest BCUT2D eigenvalue weighted by Crippen LogP contribution is -2.22. The van der Waals surface area contributed by atoms with Gasteiger partial charge in [-0.15, -0.1) is 10.2 Å². The Balaban J connectivity index is 1.55. The van der Waals surface area contributed by atoms with Crippen LogP contribution in [0.1, 0.15) is 15.9 Å². The Morgan fingerprint density at radius 1 is 1.04 bits per heavy atom. The molecular formula is C19H14N4O2S. The third-order valence-corrected chi connectivity index (χ3v) is 4.93. The topological polar surface area (TPSA) is 87.7 Å². The van der Waals surface area contributed by atoms with Gasteiger partial charge in [-0.1, -0.05) is 53.8 Å². The number of benzene rings is 2. The Morgan fingerprint density at radius 3 is 2.65 bits per heavy atom. The molecule has 26 heavy (non-hydrogen) atoms. The van der Waals surface area contributed by atoms with Gasteiger partial charge < -0.3 is 4.98 Å². The van der Waals surface area contributed by atoms with Crippen molar-refractivity contribution in [3.63, 3.8) is 0 Å². The first-order valence-electron chi connectivity index (χ1n) is 7.95. The molecule has 0 saturated carbocycles. The second kappa shape index (κ2) is 6.53. The number of nitrogens with zero attached hydrogens (tertiary/aromatic N) is 2. The van der Waals surface area contributed by atoms with Gasteiger partial charge in [0.15, 0.2) is 0 Å². The molecule has 0 atom stereocenters. The monoisotopic (exact) mass is 362 g/mol. The summed E-state index contributed by atoms with van der Waals surface area (Å²) in [5, 5.41) is 12.3. The van der Waals surface area contributed by atoms with Gasteiger partial charge in [0, 0.05) is 22.7 Å². The number of hydrogen-bond donors (Lipinski definition) is 2. The minimum atomic E-state index is -0.734. The van der Waals surface area contributed by atoms with Gasteiger partial charge in [0.2, 0.25) is 5.13 Å². The van der Waals surface area contributed by atoms with Crippen LogP contribution in [0.3, 0.4) is 0 Å². The lowest BCUT2D eigenvalue weighted by atomic mass is 10.1. The van der Waals surface area contributed by atoms with Crippen LogP contribution in [0.25, 0.3) is 21.5 Å². The van der Waals surface area contributed by atoms with Crippen LogP contribution in [0.2, 0.25) is 0 Å². The fraction of sp³-hybridized carbons (Fsp3) is 0.0526. The molecule has 2 N–H and O–H groups in total. The minimum absolute atomic E-state index is 0.293. The van der Waals surface area contributed by atoms with Gasteiger partial charge in [-0.3, -0.25) is 14.9 Å². The molecule has 6 nitrogen and oxygen atoms in total. The van der Waals surface area contributed by atoms with E-state index in [1.807, 2.05) is 49.4 Å². The molecule has 0 bridgehead atoms. The van der Waals surface area contributed by atoms with E-state index >= 15 is 0 Å². The molecule has 4 aromatic rings. The average Bonchev–Trinajstić information content (AvgIpc) is 3.28. The molecule has 4 rings (SSSR count). The summed E-state index contributed by atoms with van der Waals surface area (Å²) in [6.07, 6.45) is 1.55. The molecule has 0 aliphatic rings. The van der Waals surface area contributed by atoms with Crippen molar-refractivity contribution in [2.45, 2.75) is 6.92 Å². The van der Waals surface area contributed by atoms with Crippen LogP contribution in [-0.2, 0) is 4.79 Å². The fourth-order valence-corrected chi connectivity index (χ4v) is 3.56. The first-order valence-corrected chi connectivity index (χ1v) is 8.76. The van der Waals surface area contributed by atoms with Crippen LogP contribution in [0.5, 0.6) is 0 Å². The SMILES string of the molecule is Cc1ccccc1-c1nnc(NC(=O)C(=O)c2c[nH]c3ccccc23)s1. The largest absolute Gasteiger partial charge is 0.360 e. The Bertz CT molecular complexity index is 1130. The summed E-state index contributed by atoms with van der Waals surface area (Å²) < 4.78 is 0. The number of aromatic amines is 1. The number of H-pyrrole nitrogens is 1. The summed E-state index contributed by atoms with van der Waals surface area (Å²) in [6.45, 7) is 1.98. The molecule has 0 saturated heterocycles. The van der Waals surface area contributed by atoms with Crippen molar-refractivity contribution in [3.05, 3.63) is 65.9 Å². The number of carbonyl (C=O) groups excluding carboxylic acids is 2. The van der Waals surface area contributed by atoms with Crippen molar-refractivity contribution in [1.29, 1.82) is 0 Å². The summed E-state index contributed by atoms with van der Waals surface area (Å²) in [5.41, 5.74) is 3.16. The third-order valence-electron chi connectivity index (χ3n) is 4.06. The molecule has 2 aromatic carbocycles. The van der Waals surface area contributed by atoms with Gasteiger partial charge >= 0.3 is 0 Å². The number of aromatic nitrogens is 3. The molecule has 128 valence electrons. The molecule has 7 heteroatoms. The van der Waals surface area contributed by atoms with E-state index in [1.54, 1.807) is 12.3 Å². The second-order valence-electron chi connectivity index (χ2n) is 5.76. The zero-order chi connectivity index (χ0) is 18.1. The lowest BCUT2D eigenvalue weighted by molar-refractivity contribution is -0.112. The zero-order valence-corrected chi connectivity index (χ0v) is 14.6. The second-order valence-corrected chi connectivity index (χ2v) is 6.74. The van der Waals surface area contributed by atoms with E-state index < -0.39 is 11.7 Å². The number of hydrogen-bond acceptors (Lipinski definition) is 5. The Labute approximate surface area is 152 Å². The van der Waals surface area contributed by atoms with Crippen LogP contribution < -0.4 is 5.32 Å². The van der Waals surface area contributed by atoms with Gasteiger partial charge in [-0.05, 0) is 18.6 Å². The van der Waals surface area contributed by atoms with E-state index in [2.05, 4.69) is 20.5 Å². The predicted octanol–water partition coefficient (Wildman–Crippen LogP) is 3.82. The van der Waals surface area contributed by atoms with Gasteiger partial charge in [-0.25, -0.2) is 0 Å². The van der Waals surface area contributed by atoms with Crippen LogP contribution in [0.15, 0.2) is 54.7 Å². The summed E-state index contributed by atoms with van der Waals surface area (Å²) in [6, 6.07) is 15.1. The third kappa shape index (κ3) is 2.89. The Hall–Kier alpha value is -3.32. The van der Waals surface area contributed by atoms with Crippen molar-refractivity contribution in [3.8, 4) is 10.6 Å². The Morgan fingerprint density at radius 2 is 1.81 bits per heavy atom. The summed E-state index contributed by atoms with van der Waals surface area (Å²) >= 11 is 1.23. The molecule has 0 radical (unpaired) electrons. The molecule has 0 spiro atoms. The normalized spacial score (nSPS) is 10.8. The molecule has 2 aromatic heterocycles. The van der Waals surface area contributed by atoms with Crippen LogP contribution in [0, 0.1) is 6.92 Å². The van der Waals surface area contributed by atoms with E-state index in [4.69, 9.17) is 0 Å². The van der Waals surface area contributed by atoms with Gasteiger partial charge in [0.1, 0.15) is 5.01 Å². The zero-order valence-electron chi connectivity index (χ0n) is 13.8. The van der Waals surface area contributed by atoms with Gasteiger partial charge in [0.25, 0.3) is 11.7 Å². The highest BCUT2D eigenvalue weighted by molar-refractivity contribution is 7.18. The number of para-hydroxylation sites is 1. The Kier molecular flexibility index (Phi) is 4.06. The maximum atomic E-state index is 12.5.